The molecule has 0 fully saturated rings. The molecular formula is C8H16N2O3. The first-order chi connectivity index (χ1) is 5.99. The fraction of sp³-hybridized carbons (Fsp3) is 0.750. The lowest BCUT2D eigenvalue weighted by Crippen LogP contribution is -2.42. The van der Waals surface area contributed by atoms with E-state index in [4.69, 9.17) is 5.11 Å². The Hall–Kier alpha value is -1.26. The molecule has 0 radical (unpaired) electrons. The fourth-order valence-electron chi connectivity index (χ4n) is 0.958. The summed E-state index contributed by atoms with van der Waals surface area (Å²) in [6, 6.07) is -0.260. The zero-order valence-electron chi connectivity index (χ0n) is 8.28. The number of amides is 2. The molecule has 0 rings (SSSR count). The molecule has 0 aliphatic rings. The minimum absolute atomic E-state index is 0.231. The molecule has 0 aromatic rings. The van der Waals surface area contributed by atoms with Gasteiger partial charge < -0.3 is 14.9 Å². The number of carbonyl (C=O) groups is 2. The monoisotopic (exact) mass is 188 g/mol. The van der Waals surface area contributed by atoms with E-state index in [9.17, 15) is 9.59 Å². The van der Waals surface area contributed by atoms with E-state index in [0.29, 0.717) is 6.54 Å². The molecule has 5 heteroatoms. The van der Waals surface area contributed by atoms with E-state index in [-0.39, 0.29) is 12.6 Å². The van der Waals surface area contributed by atoms with Gasteiger partial charge in [-0.2, -0.15) is 0 Å². The number of urea groups is 1. The summed E-state index contributed by atoms with van der Waals surface area (Å²) in [7, 11) is 3.21. The number of aliphatic carboxylic acids is 1. The minimum Gasteiger partial charge on any atom is -0.480 e. The maximum atomic E-state index is 11.4. The molecule has 13 heavy (non-hydrogen) atoms. The smallest absolute Gasteiger partial charge is 0.323 e. The van der Waals surface area contributed by atoms with Crippen molar-refractivity contribution in [1.29, 1.82) is 0 Å². The lowest BCUT2D eigenvalue weighted by molar-refractivity contribution is -0.137. The quantitative estimate of drug-likeness (QED) is 0.697. The van der Waals surface area contributed by atoms with Crippen LogP contribution >= 0.6 is 0 Å². The third kappa shape index (κ3) is 4.35. The van der Waals surface area contributed by atoms with E-state index >= 15 is 0 Å². The summed E-state index contributed by atoms with van der Waals surface area (Å²) >= 11 is 0. The first-order valence-corrected chi connectivity index (χ1v) is 4.17. The highest BCUT2D eigenvalue weighted by atomic mass is 16.4. The Kier molecular flexibility index (Phi) is 4.87. The van der Waals surface area contributed by atoms with Crippen molar-refractivity contribution in [3.63, 3.8) is 0 Å². The lowest BCUT2D eigenvalue weighted by Gasteiger charge is -2.23. The molecule has 0 spiro atoms. The van der Waals surface area contributed by atoms with Crippen LogP contribution in [-0.4, -0.2) is 54.1 Å². The summed E-state index contributed by atoms with van der Waals surface area (Å²) in [4.78, 5) is 24.4. The number of carbonyl (C=O) groups excluding carboxylic acids is 1. The van der Waals surface area contributed by atoms with E-state index in [0.717, 1.165) is 6.42 Å². The molecule has 1 N–H and O–H groups in total. The Balaban J connectivity index is 4.23. The van der Waals surface area contributed by atoms with Crippen LogP contribution in [0.5, 0.6) is 0 Å². The van der Waals surface area contributed by atoms with Gasteiger partial charge in [0.1, 0.15) is 6.54 Å². The first kappa shape index (κ1) is 11.7. The summed E-state index contributed by atoms with van der Waals surface area (Å²) in [5.41, 5.74) is 0. The predicted octanol–water partition coefficient (Wildman–Crippen LogP) is 0.465. The van der Waals surface area contributed by atoms with E-state index in [2.05, 4.69) is 0 Å². The van der Waals surface area contributed by atoms with Gasteiger partial charge in [-0.05, 0) is 6.42 Å². The third-order valence-electron chi connectivity index (χ3n) is 1.47. The Morgan fingerprint density at radius 2 is 1.85 bits per heavy atom. The number of hydrogen-bond acceptors (Lipinski definition) is 2. The van der Waals surface area contributed by atoms with Crippen LogP contribution in [0.3, 0.4) is 0 Å². The second kappa shape index (κ2) is 5.40. The topological polar surface area (TPSA) is 60.9 Å². The third-order valence-corrected chi connectivity index (χ3v) is 1.47. The van der Waals surface area contributed by atoms with Crippen LogP contribution in [0.25, 0.3) is 0 Å². The first-order valence-electron chi connectivity index (χ1n) is 4.17. The van der Waals surface area contributed by atoms with Crippen LogP contribution in [0.2, 0.25) is 0 Å². The maximum absolute atomic E-state index is 11.4. The van der Waals surface area contributed by atoms with Crippen LogP contribution < -0.4 is 0 Å². The molecule has 0 atom stereocenters. The van der Waals surface area contributed by atoms with Gasteiger partial charge in [0.15, 0.2) is 0 Å². The van der Waals surface area contributed by atoms with Crippen molar-refractivity contribution in [3.05, 3.63) is 0 Å². The molecule has 0 unspecified atom stereocenters. The SMILES string of the molecule is CCCN(CC(=O)O)C(=O)N(C)C. The molecule has 0 aromatic carbocycles. The second-order valence-corrected chi connectivity index (χ2v) is 2.99. The molecule has 0 saturated carbocycles. The Morgan fingerprint density at radius 3 is 2.15 bits per heavy atom. The highest BCUT2D eigenvalue weighted by Gasteiger charge is 2.16. The zero-order chi connectivity index (χ0) is 10.4. The van der Waals surface area contributed by atoms with E-state index in [1.165, 1.54) is 9.80 Å². The summed E-state index contributed by atoms with van der Waals surface area (Å²) < 4.78 is 0. The van der Waals surface area contributed by atoms with Crippen LogP contribution in [0.1, 0.15) is 13.3 Å². The number of carboxylic acid groups (broad SMARTS) is 1. The minimum atomic E-state index is -0.983. The molecule has 0 heterocycles. The molecule has 0 saturated heterocycles. The van der Waals surface area contributed by atoms with Crippen LogP contribution in [0, 0.1) is 0 Å². The average Bonchev–Trinajstić information content (AvgIpc) is 2.01. The second-order valence-electron chi connectivity index (χ2n) is 2.99. The standard InChI is InChI=1S/C8H16N2O3/c1-4-5-10(6-7(11)12)8(13)9(2)3/h4-6H2,1-3H3,(H,11,12). The highest BCUT2D eigenvalue weighted by molar-refractivity contribution is 5.79. The van der Waals surface area contributed by atoms with Gasteiger partial charge in [0.25, 0.3) is 0 Å². The van der Waals surface area contributed by atoms with Gasteiger partial charge in [0.2, 0.25) is 0 Å². The molecule has 0 aliphatic carbocycles. The number of carboxylic acids is 1. The fourth-order valence-corrected chi connectivity index (χ4v) is 0.958. The summed E-state index contributed by atoms with van der Waals surface area (Å²) in [6.45, 7) is 2.14. The van der Waals surface area contributed by atoms with Crippen molar-refractivity contribution in [3.8, 4) is 0 Å². The predicted molar refractivity (Wildman–Crippen MR) is 48.6 cm³/mol. The van der Waals surface area contributed by atoms with Gasteiger partial charge >= 0.3 is 12.0 Å². The number of nitrogens with zero attached hydrogens (tertiary/aromatic N) is 2. The van der Waals surface area contributed by atoms with Crippen LogP contribution in [-0.2, 0) is 4.79 Å². The Bertz CT molecular complexity index is 192. The normalized spacial score (nSPS) is 9.46. The number of hydrogen-bond donors (Lipinski definition) is 1. The van der Waals surface area contributed by atoms with Gasteiger partial charge in [0, 0.05) is 20.6 Å². The van der Waals surface area contributed by atoms with Gasteiger partial charge in [-0.25, -0.2) is 4.79 Å². The van der Waals surface area contributed by atoms with Crippen molar-refractivity contribution < 1.29 is 14.7 Å². The molecule has 0 aliphatic heterocycles. The maximum Gasteiger partial charge on any atom is 0.323 e. The zero-order valence-corrected chi connectivity index (χ0v) is 8.28. The van der Waals surface area contributed by atoms with Crippen LogP contribution in [0.4, 0.5) is 4.79 Å². The Morgan fingerprint density at radius 1 is 1.31 bits per heavy atom. The van der Waals surface area contributed by atoms with Crippen molar-refractivity contribution in [2.45, 2.75) is 13.3 Å². The van der Waals surface area contributed by atoms with Crippen LogP contribution in [0.15, 0.2) is 0 Å². The molecular weight excluding hydrogens is 172 g/mol. The lowest BCUT2D eigenvalue weighted by atomic mass is 10.4. The summed E-state index contributed by atoms with van der Waals surface area (Å²) in [5.74, 6) is -0.983. The molecule has 0 aromatic heterocycles. The molecule has 5 nitrogen and oxygen atoms in total. The summed E-state index contributed by atoms with van der Waals surface area (Å²) in [5, 5.41) is 8.53. The molecule has 0 bridgehead atoms. The number of rotatable bonds is 4. The highest BCUT2D eigenvalue weighted by Crippen LogP contribution is 1.96. The van der Waals surface area contributed by atoms with Crippen molar-refractivity contribution in [2.24, 2.45) is 0 Å². The van der Waals surface area contributed by atoms with Gasteiger partial charge in [0.05, 0.1) is 0 Å². The van der Waals surface area contributed by atoms with Gasteiger partial charge in [-0.1, -0.05) is 6.92 Å². The van der Waals surface area contributed by atoms with E-state index in [1.807, 2.05) is 6.92 Å². The summed E-state index contributed by atoms with van der Waals surface area (Å²) in [6.07, 6.45) is 0.757. The van der Waals surface area contributed by atoms with E-state index in [1.54, 1.807) is 14.1 Å². The average molecular weight is 188 g/mol. The largest absolute Gasteiger partial charge is 0.480 e. The van der Waals surface area contributed by atoms with Crippen molar-refractivity contribution >= 4 is 12.0 Å². The van der Waals surface area contributed by atoms with Crippen molar-refractivity contribution in [1.82, 2.24) is 9.80 Å². The molecule has 2 amide bonds. The van der Waals surface area contributed by atoms with Gasteiger partial charge in [-0.15, -0.1) is 0 Å². The van der Waals surface area contributed by atoms with E-state index < -0.39 is 5.97 Å². The molecule has 76 valence electrons. The van der Waals surface area contributed by atoms with Crippen molar-refractivity contribution in [2.75, 3.05) is 27.2 Å². The Labute approximate surface area is 77.9 Å². The van der Waals surface area contributed by atoms with Gasteiger partial charge in [-0.3, -0.25) is 4.79 Å².